The Kier molecular flexibility index (Phi) is 3.18. The molecular formula is C13H12BrFN2O. The summed E-state index contributed by atoms with van der Waals surface area (Å²) in [5.74, 6) is 0.589. The summed E-state index contributed by atoms with van der Waals surface area (Å²) in [6.07, 6.45) is 0. The number of ether oxygens (including phenoxy) is 1. The van der Waals surface area contributed by atoms with Gasteiger partial charge in [0.15, 0.2) is 0 Å². The molecule has 2 heterocycles. The highest BCUT2D eigenvalue weighted by Crippen LogP contribution is 2.27. The molecule has 0 atom stereocenters. The molecule has 3 nitrogen and oxygen atoms in total. The molecular weight excluding hydrogens is 299 g/mol. The van der Waals surface area contributed by atoms with E-state index in [0.29, 0.717) is 23.2 Å². The summed E-state index contributed by atoms with van der Waals surface area (Å²) in [4.78, 5) is 6.70. The number of halogens is 2. The van der Waals surface area contributed by atoms with Crippen LogP contribution >= 0.6 is 15.9 Å². The number of hydrogen-bond acceptors (Lipinski definition) is 3. The molecule has 0 aliphatic carbocycles. The molecule has 5 heteroatoms. The topological polar surface area (TPSA) is 25.4 Å². The van der Waals surface area contributed by atoms with Gasteiger partial charge in [-0.15, -0.1) is 0 Å². The second-order valence-corrected chi connectivity index (χ2v) is 4.99. The Hall–Kier alpha value is -1.20. The van der Waals surface area contributed by atoms with Gasteiger partial charge in [-0.3, -0.25) is 0 Å². The number of aromatic nitrogens is 1. The van der Waals surface area contributed by atoms with Crippen molar-refractivity contribution in [3.05, 3.63) is 34.6 Å². The summed E-state index contributed by atoms with van der Waals surface area (Å²) >= 11 is 3.26. The quantitative estimate of drug-likeness (QED) is 0.809. The van der Waals surface area contributed by atoms with Crippen LogP contribution in [0, 0.1) is 5.82 Å². The molecule has 18 heavy (non-hydrogen) atoms. The molecule has 94 valence electrons. The van der Waals surface area contributed by atoms with E-state index in [9.17, 15) is 4.39 Å². The Balaban J connectivity index is 2.06. The first-order valence-electron chi connectivity index (χ1n) is 5.83. The SMILES string of the molecule is Fc1ccc2ccc(N3CCOCC3)nc2c1Br. The molecule has 0 radical (unpaired) electrons. The average molecular weight is 311 g/mol. The van der Waals surface area contributed by atoms with Crippen LogP contribution in [0.15, 0.2) is 28.7 Å². The maximum absolute atomic E-state index is 13.5. The fraction of sp³-hybridized carbons (Fsp3) is 0.308. The number of fused-ring (bicyclic) bond motifs is 1. The van der Waals surface area contributed by atoms with Gasteiger partial charge >= 0.3 is 0 Å². The summed E-state index contributed by atoms with van der Waals surface area (Å²) < 4.78 is 19.2. The third-order valence-corrected chi connectivity index (χ3v) is 3.83. The fourth-order valence-electron chi connectivity index (χ4n) is 2.09. The molecule has 0 N–H and O–H groups in total. The van der Waals surface area contributed by atoms with Gasteiger partial charge in [0, 0.05) is 18.5 Å². The van der Waals surface area contributed by atoms with E-state index in [1.165, 1.54) is 6.07 Å². The van der Waals surface area contributed by atoms with Gasteiger partial charge in [0.1, 0.15) is 11.6 Å². The lowest BCUT2D eigenvalue weighted by atomic mass is 10.2. The summed E-state index contributed by atoms with van der Waals surface area (Å²) in [7, 11) is 0. The molecule has 1 aromatic carbocycles. The van der Waals surface area contributed by atoms with Crippen LogP contribution in [0.3, 0.4) is 0 Å². The number of anilines is 1. The maximum Gasteiger partial charge on any atom is 0.139 e. The van der Waals surface area contributed by atoms with Crippen molar-refractivity contribution >= 4 is 32.7 Å². The Morgan fingerprint density at radius 2 is 1.89 bits per heavy atom. The Bertz CT molecular complexity index is 584. The number of morpholine rings is 1. The lowest BCUT2D eigenvalue weighted by Crippen LogP contribution is -2.36. The van der Waals surface area contributed by atoms with Gasteiger partial charge in [0.25, 0.3) is 0 Å². The molecule has 0 amide bonds. The zero-order chi connectivity index (χ0) is 12.5. The van der Waals surface area contributed by atoms with Gasteiger partial charge in [0.05, 0.1) is 23.2 Å². The molecule has 0 unspecified atom stereocenters. The van der Waals surface area contributed by atoms with Crippen molar-refractivity contribution < 1.29 is 9.13 Å². The van der Waals surface area contributed by atoms with E-state index >= 15 is 0 Å². The second-order valence-electron chi connectivity index (χ2n) is 4.20. The summed E-state index contributed by atoms with van der Waals surface area (Å²) in [6.45, 7) is 3.07. The highest BCUT2D eigenvalue weighted by Gasteiger charge is 2.14. The molecule has 0 spiro atoms. The molecule has 3 rings (SSSR count). The van der Waals surface area contributed by atoms with Crippen molar-refractivity contribution in [3.63, 3.8) is 0 Å². The van der Waals surface area contributed by atoms with Crippen molar-refractivity contribution in [2.45, 2.75) is 0 Å². The van der Waals surface area contributed by atoms with E-state index in [2.05, 4.69) is 25.8 Å². The first kappa shape index (κ1) is 11.9. The number of nitrogens with zero attached hydrogens (tertiary/aromatic N) is 2. The first-order chi connectivity index (χ1) is 8.75. The van der Waals surface area contributed by atoms with Crippen molar-refractivity contribution in [1.29, 1.82) is 0 Å². The van der Waals surface area contributed by atoms with Gasteiger partial charge in [-0.05, 0) is 40.2 Å². The molecule has 1 aliphatic rings. The first-order valence-corrected chi connectivity index (χ1v) is 6.62. The van der Waals surface area contributed by atoms with Gasteiger partial charge in [-0.2, -0.15) is 0 Å². The van der Waals surface area contributed by atoms with E-state index in [-0.39, 0.29) is 5.82 Å². The highest BCUT2D eigenvalue weighted by atomic mass is 79.9. The minimum absolute atomic E-state index is 0.283. The van der Waals surface area contributed by atoms with Gasteiger partial charge in [-0.25, -0.2) is 9.37 Å². The van der Waals surface area contributed by atoms with Gasteiger partial charge < -0.3 is 9.64 Å². The Morgan fingerprint density at radius 1 is 1.17 bits per heavy atom. The minimum Gasteiger partial charge on any atom is -0.378 e. The van der Waals surface area contributed by atoms with Crippen LogP contribution in [0.25, 0.3) is 10.9 Å². The summed E-state index contributed by atoms with van der Waals surface area (Å²) in [5, 5.41) is 0.931. The molecule has 1 saturated heterocycles. The highest BCUT2D eigenvalue weighted by molar-refractivity contribution is 9.10. The monoisotopic (exact) mass is 310 g/mol. The van der Waals surface area contributed by atoms with Crippen LogP contribution in [0.2, 0.25) is 0 Å². The number of rotatable bonds is 1. The lowest BCUT2D eigenvalue weighted by molar-refractivity contribution is 0.122. The Labute approximate surface area is 113 Å². The number of benzene rings is 1. The fourth-order valence-corrected chi connectivity index (χ4v) is 2.54. The second kappa shape index (κ2) is 4.82. The van der Waals surface area contributed by atoms with Gasteiger partial charge in [-0.1, -0.05) is 0 Å². The molecule has 1 aromatic heterocycles. The predicted molar refractivity (Wildman–Crippen MR) is 72.4 cm³/mol. The van der Waals surface area contributed by atoms with Crippen LogP contribution in [0.5, 0.6) is 0 Å². The van der Waals surface area contributed by atoms with Crippen LogP contribution in [-0.2, 0) is 4.74 Å². The van der Waals surface area contributed by atoms with Crippen molar-refractivity contribution in [2.24, 2.45) is 0 Å². The van der Waals surface area contributed by atoms with E-state index in [1.54, 1.807) is 6.07 Å². The lowest BCUT2D eigenvalue weighted by Gasteiger charge is -2.28. The van der Waals surface area contributed by atoms with Crippen LogP contribution in [-0.4, -0.2) is 31.3 Å². The van der Waals surface area contributed by atoms with Crippen molar-refractivity contribution in [1.82, 2.24) is 4.98 Å². The van der Waals surface area contributed by atoms with Crippen molar-refractivity contribution in [2.75, 3.05) is 31.2 Å². The van der Waals surface area contributed by atoms with E-state index in [1.807, 2.05) is 12.1 Å². The predicted octanol–water partition coefficient (Wildman–Crippen LogP) is 2.97. The minimum atomic E-state index is -0.283. The van der Waals surface area contributed by atoms with E-state index < -0.39 is 0 Å². The number of pyridine rings is 1. The van der Waals surface area contributed by atoms with E-state index in [0.717, 1.165) is 24.3 Å². The molecule has 2 aromatic rings. The van der Waals surface area contributed by atoms with Crippen LogP contribution in [0.1, 0.15) is 0 Å². The summed E-state index contributed by atoms with van der Waals surface area (Å²) in [6, 6.07) is 7.13. The normalized spacial score (nSPS) is 16.2. The van der Waals surface area contributed by atoms with Crippen molar-refractivity contribution in [3.8, 4) is 0 Å². The molecule has 1 aliphatic heterocycles. The average Bonchev–Trinajstić information content (AvgIpc) is 2.44. The standard InChI is InChI=1S/C13H12BrFN2O/c14-12-10(15)3-1-9-2-4-11(16-13(9)12)17-5-7-18-8-6-17/h1-4H,5-8H2. The van der Waals surface area contributed by atoms with Gasteiger partial charge in [0.2, 0.25) is 0 Å². The van der Waals surface area contributed by atoms with E-state index in [4.69, 9.17) is 4.74 Å². The maximum atomic E-state index is 13.5. The smallest absolute Gasteiger partial charge is 0.139 e. The third-order valence-electron chi connectivity index (χ3n) is 3.07. The van der Waals surface area contributed by atoms with Crippen LogP contribution < -0.4 is 4.90 Å². The molecule has 0 saturated carbocycles. The molecule has 1 fully saturated rings. The zero-order valence-electron chi connectivity index (χ0n) is 9.70. The third kappa shape index (κ3) is 2.08. The largest absolute Gasteiger partial charge is 0.378 e. The summed E-state index contributed by atoms with van der Waals surface area (Å²) in [5.41, 5.74) is 0.666. The Morgan fingerprint density at radius 3 is 2.67 bits per heavy atom. The molecule has 0 bridgehead atoms. The zero-order valence-corrected chi connectivity index (χ0v) is 11.3. The number of hydrogen-bond donors (Lipinski definition) is 0. The van der Waals surface area contributed by atoms with Crippen LogP contribution in [0.4, 0.5) is 10.2 Å².